The van der Waals surface area contributed by atoms with Crippen molar-refractivity contribution in [1.82, 2.24) is 0 Å². The summed E-state index contributed by atoms with van der Waals surface area (Å²) in [5.74, 6) is 0. The van der Waals surface area contributed by atoms with Crippen molar-refractivity contribution in [2.75, 3.05) is 4.90 Å². The summed E-state index contributed by atoms with van der Waals surface area (Å²) in [5, 5.41) is 2.42. The Labute approximate surface area is 311 Å². The second kappa shape index (κ2) is 14.3. The molecule has 0 bridgehead atoms. The summed E-state index contributed by atoms with van der Waals surface area (Å²) in [4.78, 5) is 2.41. The molecule has 0 aliphatic heterocycles. The molecular formula is C52H37N. The quantitative estimate of drug-likeness (QED) is 0.155. The smallest absolute Gasteiger partial charge is 0.0540 e. The Hall–Kier alpha value is -6.96. The lowest BCUT2D eigenvalue weighted by Crippen LogP contribution is -2.11. The van der Waals surface area contributed by atoms with Crippen molar-refractivity contribution >= 4 is 27.8 Å². The van der Waals surface area contributed by atoms with E-state index in [9.17, 15) is 0 Å². The zero-order valence-corrected chi connectivity index (χ0v) is 29.3. The van der Waals surface area contributed by atoms with Gasteiger partial charge in [-0.05, 0) is 79.7 Å². The van der Waals surface area contributed by atoms with Crippen molar-refractivity contribution in [3.8, 4) is 55.6 Å². The molecule has 0 amide bonds. The summed E-state index contributed by atoms with van der Waals surface area (Å²) < 4.78 is 0. The molecule has 0 aliphatic rings. The SMILES string of the molecule is c1ccc(-c2ccccc2-c2ccccc2-c2ccccc2-c2ccc(N(c3ccccc3-c3ccccc3)c3cccc4ccccc34)cc2)cc1. The Kier molecular flexibility index (Phi) is 8.66. The lowest BCUT2D eigenvalue weighted by molar-refractivity contribution is 1.30. The fourth-order valence-corrected chi connectivity index (χ4v) is 7.64. The molecule has 9 rings (SSSR count). The molecule has 0 saturated heterocycles. The van der Waals surface area contributed by atoms with Crippen LogP contribution in [0, 0.1) is 0 Å². The van der Waals surface area contributed by atoms with Crippen LogP contribution in [0.25, 0.3) is 66.4 Å². The van der Waals surface area contributed by atoms with Crippen molar-refractivity contribution in [2.24, 2.45) is 0 Å². The number of hydrogen-bond acceptors (Lipinski definition) is 1. The Bertz CT molecular complexity index is 2650. The van der Waals surface area contributed by atoms with Crippen LogP contribution in [0.1, 0.15) is 0 Å². The molecule has 0 N–H and O–H groups in total. The Balaban J connectivity index is 1.17. The van der Waals surface area contributed by atoms with Gasteiger partial charge in [-0.3, -0.25) is 0 Å². The second-order valence-corrected chi connectivity index (χ2v) is 13.3. The van der Waals surface area contributed by atoms with E-state index in [0.29, 0.717) is 0 Å². The van der Waals surface area contributed by atoms with E-state index in [1.807, 2.05) is 0 Å². The highest BCUT2D eigenvalue weighted by Gasteiger charge is 2.20. The summed E-state index contributed by atoms with van der Waals surface area (Å²) in [6.45, 7) is 0. The zero-order valence-electron chi connectivity index (χ0n) is 29.3. The molecule has 0 atom stereocenters. The molecule has 0 heterocycles. The fraction of sp³-hybridized carbons (Fsp3) is 0. The number of para-hydroxylation sites is 1. The molecule has 1 nitrogen and oxygen atoms in total. The molecule has 9 aromatic carbocycles. The van der Waals surface area contributed by atoms with Crippen molar-refractivity contribution in [1.29, 1.82) is 0 Å². The summed E-state index contributed by atoms with van der Waals surface area (Å²) in [6, 6.07) is 80.7. The van der Waals surface area contributed by atoms with Crippen LogP contribution in [-0.4, -0.2) is 0 Å². The lowest BCUT2D eigenvalue weighted by atomic mass is 9.87. The average Bonchev–Trinajstić information content (AvgIpc) is 3.25. The van der Waals surface area contributed by atoms with Crippen molar-refractivity contribution in [3.63, 3.8) is 0 Å². The largest absolute Gasteiger partial charge is 0.309 e. The van der Waals surface area contributed by atoms with E-state index < -0.39 is 0 Å². The zero-order chi connectivity index (χ0) is 35.4. The first-order chi connectivity index (χ1) is 26.3. The number of benzene rings is 9. The van der Waals surface area contributed by atoms with Crippen LogP contribution in [0.2, 0.25) is 0 Å². The van der Waals surface area contributed by atoms with Crippen LogP contribution in [0.5, 0.6) is 0 Å². The highest BCUT2D eigenvalue weighted by atomic mass is 15.1. The van der Waals surface area contributed by atoms with Crippen LogP contribution >= 0.6 is 0 Å². The summed E-state index contributed by atoms with van der Waals surface area (Å²) in [7, 11) is 0. The maximum absolute atomic E-state index is 2.41. The van der Waals surface area contributed by atoms with E-state index in [1.165, 1.54) is 66.4 Å². The second-order valence-electron chi connectivity index (χ2n) is 13.3. The normalized spacial score (nSPS) is 11.0. The summed E-state index contributed by atoms with van der Waals surface area (Å²) in [5.41, 5.74) is 15.4. The van der Waals surface area contributed by atoms with Gasteiger partial charge in [0, 0.05) is 16.6 Å². The number of fused-ring (bicyclic) bond motifs is 1. The summed E-state index contributed by atoms with van der Waals surface area (Å²) >= 11 is 0. The van der Waals surface area contributed by atoms with Gasteiger partial charge in [-0.1, -0.05) is 200 Å². The van der Waals surface area contributed by atoms with Gasteiger partial charge in [0.25, 0.3) is 0 Å². The predicted molar refractivity (Wildman–Crippen MR) is 226 cm³/mol. The van der Waals surface area contributed by atoms with Gasteiger partial charge in [0.2, 0.25) is 0 Å². The molecule has 0 radical (unpaired) electrons. The molecule has 0 saturated carbocycles. The van der Waals surface area contributed by atoms with Gasteiger partial charge in [0.1, 0.15) is 0 Å². The highest BCUT2D eigenvalue weighted by Crippen LogP contribution is 2.45. The Morgan fingerprint density at radius 1 is 0.226 bits per heavy atom. The molecule has 0 aliphatic carbocycles. The van der Waals surface area contributed by atoms with Gasteiger partial charge in [0.05, 0.1) is 11.4 Å². The van der Waals surface area contributed by atoms with E-state index in [4.69, 9.17) is 0 Å². The minimum absolute atomic E-state index is 1.10. The molecule has 0 aromatic heterocycles. The van der Waals surface area contributed by atoms with Crippen LogP contribution in [-0.2, 0) is 0 Å². The van der Waals surface area contributed by atoms with Gasteiger partial charge in [-0.15, -0.1) is 0 Å². The third-order valence-electron chi connectivity index (χ3n) is 10.1. The van der Waals surface area contributed by atoms with Gasteiger partial charge in [0.15, 0.2) is 0 Å². The van der Waals surface area contributed by atoms with E-state index >= 15 is 0 Å². The monoisotopic (exact) mass is 675 g/mol. The standard InChI is InChI=1S/C52H37N/c1-3-18-38(19-4-1)43-24-9-11-28-47(43)49-30-13-14-31-50(49)48-29-12-10-25-44(48)41-34-36-42(37-35-41)53(52-33-17-23-40-22-7-8-26-46(40)52)51-32-16-15-27-45(51)39-20-5-2-6-21-39/h1-37H. The number of rotatable bonds is 8. The third kappa shape index (κ3) is 6.20. The first kappa shape index (κ1) is 32.0. The van der Waals surface area contributed by atoms with E-state index in [0.717, 1.165) is 17.1 Å². The first-order valence-corrected chi connectivity index (χ1v) is 18.2. The minimum atomic E-state index is 1.10. The van der Waals surface area contributed by atoms with Gasteiger partial charge >= 0.3 is 0 Å². The third-order valence-corrected chi connectivity index (χ3v) is 10.1. The van der Waals surface area contributed by atoms with E-state index in [2.05, 4.69) is 229 Å². The van der Waals surface area contributed by atoms with Crippen LogP contribution in [0.15, 0.2) is 224 Å². The summed E-state index contributed by atoms with van der Waals surface area (Å²) in [6.07, 6.45) is 0. The number of hydrogen-bond donors (Lipinski definition) is 0. The Morgan fingerprint density at radius 3 is 1.19 bits per heavy atom. The molecule has 0 spiro atoms. The fourth-order valence-electron chi connectivity index (χ4n) is 7.64. The van der Waals surface area contributed by atoms with Crippen LogP contribution in [0.4, 0.5) is 17.1 Å². The maximum Gasteiger partial charge on any atom is 0.0540 e. The lowest BCUT2D eigenvalue weighted by Gasteiger charge is -2.29. The average molecular weight is 676 g/mol. The molecule has 1 heteroatoms. The van der Waals surface area contributed by atoms with Crippen molar-refractivity contribution in [3.05, 3.63) is 224 Å². The van der Waals surface area contributed by atoms with Gasteiger partial charge in [-0.2, -0.15) is 0 Å². The molecule has 9 aromatic rings. The van der Waals surface area contributed by atoms with Gasteiger partial charge in [-0.25, -0.2) is 0 Å². The van der Waals surface area contributed by atoms with Crippen LogP contribution in [0.3, 0.4) is 0 Å². The van der Waals surface area contributed by atoms with E-state index in [-0.39, 0.29) is 0 Å². The molecule has 0 unspecified atom stereocenters. The van der Waals surface area contributed by atoms with Crippen molar-refractivity contribution in [2.45, 2.75) is 0 Å². The first-order valence-electron chi connectivity index (χ1n) is 18.2. The molecule has 0 fully saturated rings. The number of anilines is 3. The molecule has 250 valence electrons. The molecular weight excluding hydrogens is 639 g/mol. The highest BCUT2D eigenvalue weighted by molar-refractivity contribution is 6.01. The predicted octanol–water partition coefficient (Wildman–Crippen LogP) is 14.6. The minimum Gasteiger partial charge on any atom is -0.309 e. The molecule has 53 heavy (non-hydrogen) atoms. The number of nitrogens with zero attached hydrogens (tertiary/aromatic N) is 1. The Morgan fingerprint density at radius 2 is 0.604 bits per heavy atom. The van der Waals surface area contributed by atoms with E-state index in [1.54, 1.807) is 0 Å². The topological polar surface area (TPSA) is 3.24 Å². The maximum atomic E-state index is 2.41. The van der Waals surface area contributed by atoms with Gasteiger partial charge < -0.3 is 4.90 Å². The van der Waals surface area contributed by atoms with Crippen LogP contribution < -0.4 is 4.90 Å². The van der Waals surface area contributed by atoms with Crippen molar-refractivity contribution < 1.29 is 0 Å².